The van der Waals surface area contributed by atoms with E-state index in [4.69, 9.17) is 10.8 Å². The van der Waals surface area contributed by atoms with Crippen LogP contribution < -0.4 is 11.1 Å². The van der Waals surface area contributed by atoms with E-state index in [9.17, 15) is 9.59 Å². The molecule has 1 aromatic rings. The highest BCUT2D eigenvalue weighted by Crippen LogP contribution is 2.17. The Kier molecular flexibility index (Phi) is 6.18. The van der Waals surface area contributed by atoms with Gasteiger partial charge in [0.05, 0.1) is 12.5 Å². The number of nitrogens with two attached hydrogens (primary N) is 1. The molecular formula is C15H22N2O3. The van der Waals surface area contributed by atoms with Gasteiger partial charge < -0.3 is 16.2 Å². The average molecular weight is 278 g/mol. The summed E-state index contributed by atoms with van der Waals surface area (Å²) in [6.07, 6.45) is 0.0489. The molecule has 5 heteroatoms. The maximum atomic E-state index is 11.9. The minimum absolute atomic E-state index is 0.146. The fraction of sp³-hybridized carbons (Fsp3) is 0.467. The van der Waals surface area contributed by atoms with Crippen LogP contribution in [0.2, 0.25) is 0 Å². The molecule has 0 aliphatic rings. The van der Waals surface area contributed by atoms with Crippen molar-refractivity contribution in [3.8, 4) is 0 Å². The highest BCUT2D eigenvalue weighted by Gasteiger charge is 2.20. The van der Waals surface area contributed by atoms with E-state index in [1.807, 2.05) is 32.0 Å². The molecule has 0 saturated carbocycles. The van der Waals surface area contributed by atoms with Crippen molar-refractivity contribution < 1.29 is 14.7 Å². The second-order valence-electron chi connectivity index (χ2n) is 5.24. The summed E-state index contributed by atoms with van der Waals surface area (Å²) in [6.45, 7) is 3.90. The summed E-state index contributed by atoms with van der Waals surface area (Å²) < 4.78 is 0. The summed E-state index contributed by atoms with van der Waals surface area (Å²) in [7, 11) is 0. The smallest absolute Gasteiger partial charge is 0.305 e. The molecule has 0 saturated heterocycles. The van der Waals surface area contributed by atoms with Crippen LogP contribution in [0.25, 0.3) is 0 Å². The third-order valence-corrected chi connectivity index (χ3v) is 3.19. The number of carbonyl (C=O) groups excluding carboxylic acids is 1. The summed E-state index contributed by atoms with van der Waals surface area (Å²) in [5.74, 6) is -0.969. The molecular weight excluding hydrogens is 256 g/mol. The molecule has 2 unspecified atom stereocenters. The lowest BCUT2D eigenvalue weighted by molar-refractivity contribution is -0.137. The number of nitrogens with one attached hydrogen (secondary N) is 1. The van der Waals surface area contributed by atoms with Crippen molar-refractivity contribution in [1.82, 2.24) is 5.32 Å². The van der Waals surface area contributed by atoms with E-state index in [2.05, 4.69) is 5.32 Å². The first kappa shape index (κ1) is 16.2. The van der Waals surface area contributed by atoms with E-state index >= 15 is 0 Å². The largest absolute Gasteiger partial charge is 0.481 e. The molecule has 0 aliphatic heterocycles. The third-order valence-electron chi connectivity index (χ3n) is 3.19. The zero-order valence-electron chi connectivity index (χ0n) is 11.9. The Bertz CT molecular complexity index is 446. The molecule has 110 valence electrons. The minimum Gasteiger partial charge on any atom is -0.481 e. The van der Waals surface area contributed by atoms with Crippen LogP contribution in [-0.2, 0) is 9.59 Å². The van der Waals surface area contributed by atoms with E-state index in [1.54, 1.807) is 12.1 Å². The summed E-state index contributed by atoms with van der Waals surface area (Å²) in [5, 5.41) is 11.7. The first-order valence-corrected chi connectivity index (χ1v) is 6.71. The number of carboxylic acid groups (broad SMARTS) is 1. The fourth-order valence-electron chi connectivity index (χ4n) is 1.82. The van der Waals surface area contributed by atoms with E-state index in [1.165, 1.54) is 0 Å². The molecule has 1 aromatic carbocycles. The molecule has 20 heavy (non-hydrogen) atoms. The molecule has 0 spiro atoms. The lowest BCUT2D eigenvalue weighted by atomic mass is 10.00. The van der Waals surface area contributed by atoms with Gasteiger partial charge in [-0.25, -0.2) is 0 Å². The van der Waals surface area contributed by atoms with Crippen molar-refractivity contribution >= 4 is 11.9 Å². The predicted molar refractivity (Wildman–Crippen MR) is 77.0 cm³/mol. The Balaban J connectivity index is 2.71. The normalized spacial score (nSPS) is 13.8. The van der Waals surface area contributed by atoms with Crippen molar-refractivity contribution in [1.29, 1.82) is 0 Å². The SMILES string of the molecule is CC(C)C(N)CC(=O)NC(CC(=O)O)c1ccccc1. The number of hydrogen-bond donors (Lipinski definition) is 3. The molecule has 2 atom stereocenters. The molecule has 0 bridgehead atoms. The number of amides is 1. The molecule has 5 nitrogen and oxygen atoms in total. The number of carboxylic acids is 1. The van der Waals surface area contributed by atoms with Crippen LogP contribution >= 0.6 is 0 Å². The molecule has 1 amide bonds. The zero-order chi connectivity index (χ0) is 15.1. The first-order chi connectivity index (χ1) is 9.40. The molecule has 0 aromatic heterocycles. The van der Waals surface area contributed by atoms with Crippen molar-refractivity contribution in [2.24, 2.45) is 11.7 Å². The van der Waals surface area contributed by atoms with Gasteiger partial charge in [0, 0.05) is 12.5 Å². The van der Waals surface area contributed by atoms with Gasteiger partial charge >= 0.3 is 5.97 Å². The van der Waals surface area contributed by atoms with Crippen LogP contribution in [0.4, 0.5) is 0 Å². The van der Waals surface area contributed by atoms with Crippen LogP contribution in [0.1, 0.15) is 38.3 Å². The highest BCUT2D eigenvalue weighted by molar-refractivity contribution is 5.78. The lowest BCUT2D eigenvalue weighted by Gasteiger charge is -2.20. The molecule has 0 fully saturated rings. The summed E-state index contributed by atoms with van der Waals surface area (Å²) in [6, 6.07) is 8.33. The van der Waals surface area contributed by atoms with Crippen molar-refractivity contribution in [2.75, 3.05) is 0 Å². The van der Waals surface area contributed by atoms with Crippen LogP contribution in [0.5, 0.6) is 0 Å². The number of hydrogen-bond acceptors (Lipinski definition) is 3. The maximum Gasteiger partial charge on any atom is 0.305 e. The van der Waals surface area contributed by atoms with Gasteiger partial charge in [-0.2, -0.15) is 0 Å². The summed E-state index contributed by atoms with van der Waals surface area (Å²) >= 11 is 0. The maximum absolute atomic E-state index is 11.9. The molecule has 0 heterocycles. The Morgan fingerprint density at radius 1 is 1.20 bits per heavy atom. The Morgan fingerprint density at radius 2 is 1.80 bits per heavy atom. The van der Waals surface area contributed by atoms with E-state index in [-0.39, 0.29) is 30.7 Å². The monoisotopic (exact) mass is 278 g/mol. The predicted octanol–water partition coefficient (Wildman–Crippen LogP) is 1.69. The molecule has 0 aliphatic carbocycles. The molecule has 1 rings (SSSR count). The van der Waals surface area contributed by atoms with E-state index in [0.717, 1.165) is 5.56 Å². The van der Waals surface area contributed by atoms with Gasteiger partial charge in [0.1, 0.15) is 0 Å². The van der Waals surface area contributed by atoms with E-state index in [0.29, 0.717) is 0 Å². The van der Waals surface area contributed by atoms with Gasteiger partial charge in [0.2, 0.25) is 5.91 Å². The van der Waals surface area contributed by atoms with Gasteiger partial charge in [-0.15, -0.1) is 0 Å². The van der Waals surface area contributed by atoms with Crippen molar-refractivity contribution in [3.63, 3.8) is 0 Å². The topological polar surface area (TPSA) is 92.4 Å². The first-order valence-electron chi connectivity index (χ1n) is 6.71. The second-order valence-corrected chi connectivity index (χ2v) is 5.24. The van der Waals surface area contributed by atoms with Gasteiger partial charge in [-0.3, -0.25) is 9.59 Å². The van der Waals surface area contributed by atoms with Crippen LogP contribution in [0.3, 0.4) is 0 Å². The number of benzene rings is 1. The molecule has 0 radical (unpaired) electrons. The fourth-order valence-corrected chi connectivity index (χ4v) is 1.82. The molecule has 4 N–H and O–H groups in total. The van der Waals surface area contributed by atoms with Gasteiger partial charge in [0.15, 0.2) is 0 Å². The standard InChI is InChI=1S/C15H22N2O3/c1-10(2)12(16)8-14(18)17-13(9-15(19)20)11-6-4-3-5-7-11/h3-7,10,12-13H,8-9,16H2,1-2H3,(H,17,18)(H,19,20). The summed E-state index contributed by atoms with van der Waals surface area (Å²) in [4.78, 5) is 22.9. The number of rotatable bonds is 7. The third kappa shape index (κ3) is 5.40. The number of carbonyl (C=O) groups is 2. The Labute approximate surface area is 119 Å². The number of aliphatic carboxylic acids is 1. The average Bonchev–Trinajstić information content (AvgIpc) is 2.38. The lowest BCUT2D eigenvalue weighted by Crippen LogP contribution is -2.37. The quantitative estimate of drug-likeness (QED) is 0.707. The van der Waals surface area contributed by atoms with E-state index < -0.39 is 12.0 Å². The minimum atomic E-state index is -0.952. The second kappa shape index (κ2) is 7.65. The van der Waals surface area contributed by atoms with Gasteiger partial charge in [0.25, 0.3) is 0 Å². The van der Waals surface area contributed by atoms with Crippen LogP contribution in [0.15, 0.2) is 30.3 Å². The Hall–Kier alpha value is -1.88. The van der Waals surface area contributed by atoms with Crippen molar-refractivity contribution in [3.05, 3.63) is 35.9 Å². The van der Waals surface area contributed by atoms with Crippen LogP contribution in [-0.4, -0.2) is 23.0 Å². The zero-order valence-corrected chi connectivity index (χ0v) is 11.9. The van der Waals surface area contributed by atoms with Gasteiger partial charge in [-0.05, 0) is 11.5 Å². The summed E-state index contributed by atoms with van der Waals surface area (Å²) in [5.41, 5.74) is 6.63. The van der Waals surface area contributed by atoms with Crippen molar-refractivity contribution in [2.45, 2.75) is 38.8 Å². The highest BCUT2D eigenvalue weighted by atomic mass is 16.4. The van der Waals surface area contributed by atoms with Gasteiger partial charge in [-0.1, -0.05) is 44.2 Å². The Morgan fingerprint density at radius 3 is 2.30 bits per heavy atom. The van der Waals surface area contributed by atoms with Crippen LogP contribution in [0, 0.1) is 5.92 Å².